The highest BCUT2D eigenvalue weighted by molar-refractivity contribution is 5.92. The van der Waals surface area contributed by atoms with E-state index in [1.807, 2.05) is 55.6 Å². The molecule has 0 fully saturated rings. The fourth-order valence-electron chi connectivity index (χ4n) is 2.79. The molecule has 0 saturated carbocycles. The van der Waals surface area contributed by atoms with Crippen LogP contribution in [0.25, 0.3) is 10.9 Å². The van der Waals surface area contributed by atoms with Crippen molar-refractivity contribution in [2.45, 2.75) is 12.8 Å². The second-order valence-corrected chi connectivity index (χ2v) is 6.07. The minimum atomic E-state index is 0.635. The van der Waals surface area contributed by atoms with Gasteiger partial charge in [-0.1, -0.05) is 12.1 Å². The van der Waals surface area contributed by atoms with E-state index < -0.39 is 0 Å². The van der Waals surface area contributed by atoms with Crippen molar-refractivity contribution in [1.82, 2.24) is 9.97 Å². The summed E-state index contributed by atoms with van der Waals surface area (Å²) < 4.78 is 5.25. The Hall–Kier alpha value is -2.86. The van der Waals surface area contributed by atoms with Gasteiger partial charge in [-0.3, -0.25) is 0 Å². The molecule has 0 spiro atoms. The van der Waals surface area contributed by atoms with Gasteiger partial charge in [-0.05, 0) is 55.8 Å². The number of hydrogen-bond donors (Lipinski definition) is 2. The minimum Gasteiger partial charge on any atom is -0.497 e. The van der Waals surface area contributed by atoms with E-state index in [1.54, 1.807) is 7.11 Å². The van der Waals surface area contributed by atoms with Gasteiger partial charge in [-0.25, -0.2) is 4.98 Å². The maximum Gasteiger partial charge on any atom is 0.225 e. The van der Waals surface area contributed by atoms with E-state index in [-0.39, 0.29) is 0 Å². The third kappa shape index (κ3) is 4.03. The first kappa shape index (κ1) is 17.9. The molecule has 6 nitrogen and oxygen atoms in total. The Bertz CT molecular complexity index is 850. The van der Waals surface area contributed by atoms with Gasteiger partial charge in [0.15, 0.2) is 0 Å². The number of unbranched alkanes of at least 4 members (excludes halogenated alkanes) is 1. The summed E-state index contributed by atoms with van der Waals surface area (Å²) in [6.07, 6.45) is 1.98. The number of fused-ring (bicyclic) bond motifs is 1. The number of nitrogens with two attached hydrogens (primary N) is 1. The Kier molecular flexibility index (Phi) is 5.86. The Morgan fingerprint density at radius 2 is 1.81 bits per heavy atom. The number of rotatable bonds is 8. The van der Waals surface area contributed by atoms with Gasteiger partial charge in [-0.15, -0.1) is 0 Å². The van der Waals surface area contributed by atoms with Gasteiger partial charge < -0.3 is 20.7 Å². The lowest BCUT2D eigenvalue weighted by molar-refractivity contribution is 0.415. The maximum absolute atomic E-state index is 5.56. The van der Waals surface area contributed by atoms with Crippen LogP contribution in [0.2, 0.25) is 0 Å². The van der Waals surface area contributed by atoms with E-state index in [0.717, 1.165) is 47.5 Å². The number of aromatic nitrogens is 2. The van der Waals surface area contributed by atoms with Crippen molar-refractivity contribution in [2.75, 3.05) is 37.5 Å². The topological polar surface area (TPSA) is 76.3 Å². The van der Waals surface area contributed by atoms with E-state index in [1.165, 1.54) is 0 Å². The van der Waals surface area contributed by atoms with Gasteiger partial charge in [0.1, 0.15) is 11.6 Å². The predicted molar refractivity (Wildman–Crippen MR) is 107 cm³/mol. The molecular weight excluding hydrogens is 326 g/mol. The molecule has 0 amide bonds. The molecule has 0 aliphatic carbocycles. The van der Waals surface area contributed by atoms with E-state index in [2.05, 4.69) is 15.2 Å². The first-order valence-electron chi connectivity index (χ1n) is 8.81. The maximum atomic E-state index is 5.56. The Morgan fingerprint density at radius 1 is 1.04 bits per heavy atom. The normalized spacial score (nSPS) is 10.7. The van der Waals surface area contributed by atoms with Crippen molar-refractivity contribution in [3.63, 3.8) is 0 Å². The number of nitrogens with one attached hydrogen (secondary N) is 1. The molecule has 0 saturated heterocycles. The average Bonchev–Trinajstić information content (AvgIpc) is 2.70. The third-order valence-corrected chi connectivity index (χ3v) is 4.27. The van der Waals surface area contributed by atoms with Gasteiger partial charge in [0.25, 0.3) is 0 Å². The molecule has 1 aromatic heterocycles. The number of anilines is 3. The highest BCUT2D eigenvalue weighted by Gasteiger charge is 2.13. The quantitative estimate of drug-likeness (QED) is 0.604. The van der Waals surface area contributed by atoms with Crippen molar-refractivity contribution in [3.8, 4) is 5.75 Å². The van der Waals surface area contributed by atoms with Gasteiger partial charge in [-0.2, -0.15) is 4.98 Å². The molecule has 0 atom stereocenters. The second-order valence-electron chi connectivity index (χ2n) is 6.07. The average molecular weight is 351 g/mol. The van der Waals surface area contributed by atoms with Crippen LogP contribution in [0.5, 0.6) is 5.75 Å². The van der Waals surface area contributed by atoms with Crippen molar-refractivity contribution < 1.29 is 4.74 Å². The summed E-state index contributed by atoms with van der Waals surface area (Å²) in [6.45, 7) is 1.51. The molecule has 0 bridgehead atoms. The van der Waals surface area contributed by atoms with Crippen LogP contribution in [0.1, 0.15) is 12.8 Å². The highest BCUT2D eigenvalue weighted by atomic mass is 16.5. The van der Waals surface area contributed by atoms with Crippen LogP contribution >= 0.6 is 0 Å². The number of para-hydroxylation sites is 1. The highest BCUT2D eigenvalue weighted by Crippen LogP contribution is 2.30. The zero-order valence-electron chi connectivity index (χ0n) is 15.3. The molecule has 0 aliphatic heterocycles. The summed E-state index contributed by atoms with van der Waals surface area (Å²) in [5.41, 5.74) is 7.50. The molecule has 3 aromatic rings. The molecule has 0 radical (unpaired) electrons. The van der Waals surface area contributed by atoms with E-state index in [9.17, 15) is 0 Å². The van der Waals surface area contributed by atoms with Crippen LogP contribution < -0.4 is 20.7 Å². The lowest BCUT2D eigenvalue weighted by Crippen LogP contribution is -2.14. The summed E-state index contributed by atoms with van der Waals surface area (Å²) in [7, 11) is 3.67. The largest absolute Gasteiger partial charge is 0.497 e. The molecule has 1 heterocycles. The molecule has 26 heavy (non-hydrogen) atoms. The number of hydrogen-bond acceptors (Lipinski definition) is 6. The van der Waals surface area contributed by atoms with Crippen LogP contribution in [-0.4, -0.2) is 37.2 Å². The van der Waals surface area contributed by atoms with Crippen LogP contribution in [-0.2, 0) is 0 Å². The lowest BCUT2D eigenvalue weighted by atomic mass is 10.2. The number of methoxy groups -OCH3 is 1. The number of ether oxygens (including phenoxy) is 1. The van der Waals surface area contributed by atoms with Gasteiger partial charge in [0.2, 0.25) is 5.95 Å². The van der Waals surface area contributed by atoms with E-state index in [4.69, 9.17) is 15.5 Å². The van der Waals surface area contributed by atoms with Crippen LogP contribution in [0, 0.1) is 0 Å². The second kappa shape index (κ2) is 8.49. The molecule has 0 aliphatic rings. The van der Waals surface area contributed by atoms with Crippen LogP contribution in [0.3, 0.4) is 0 Å². The lowest BCUT2D eigenvalue weighted by Gasteiger charge is -2.21. The Labute approximate surface area is 154 Å². The molecule has 0 unspecified atom stereocenters. The molecule has 3 N–H and O–H groups in total. The van der Waals surface area contributed by atoms with E-state index in [0.29, 0.717) is 12.5 Å². The molecular formula is C20H25N5O. The van der Waals surface area contributed by atoms with E-state index >= 15 is 0 Å². The summed E-state index contributed by atoms with van der Waals surface area (Å²) in [5.74, 6) is 2.33. The minimum absolute atomic E-state index is 0.635. The fourth-order valence-corrected chi connectivity index (χ4v) is 2.79. The summed E-state index contributed by atoms with van der Waals surface area (Å²) in [5, 5.41) is 4.32. The zero-order chi connectivity index (χ0) is 18.4. The van der Waals surface area contributed by atoms with Crippen LogP contribution in [0.15, 0.2) is 48.5 Å². The van der Waals surface area contributed by atoms with Crippen molar-refractivity contribution >= 4 is 28.4 Å². The monoisotopic (exact) mass is 351 g/mol. The summed E-state index contributed by atoms with van der Waals surface area (Å²) >= 11 is 0. The first-order chi connectivity index (χ1) is 12.7. The third-order valence-electron chi connectivity index (χ3n) is 4.27. The van der Waals surface area contributed by atoms with Crippen molar-refractivity contribution in [3.05, 3.63) is 48.5 Å². The molecule has 6 heteroatoms. The molecule has 3 rings (SSSR count). The predicted octanol–water partition coefficient (Wildman–Crippen LogP) is 3.56. The molecule has 136 valence electrons. The zero-order valence-corrected chi connectivity index (χ0v) is 15.3. The van der Waals surface area contributed by atoms with Crippen molar-refractivity contribution in [1.29, 1.82) is 0 Å². The fraction of sp³-hybridized carbons (Fsp3) is 0.300. The SMILES string of the molecule is COc1ccc(N(C)c2nc(NCCCCN)nc3ccccc23)cc1. The van der Waals surface area contributed by atoms with Gasteiger partial charge in [0, 0.05) is 24.7 Å². The number of benzene rings is 2. The van der Waals surface area contributed by atoms with Crippen LogP contribution in [0.4, 0.5) is 17.5 Å². The van der Waals surface area contributed by atoms with Gasteiger partial charge in [0.05, 0.1) is 12.6 Å². The Morgan fingerprint density at radius 3 is 2.54 bits per heavy atom. The summed E-state index contributed by atoms with van der Waals surface area (Å²) in [4.78, 5) is 11.5. The smallest absolute Gasteiger partial charge is 0.225 e. The molecule has 2 aromatic carbocycles. The van der Waals surface area contributed by atoms with Gasteiger partial charge >= 0.3 is 0 Å². The Balaban J connectivity index is 1.93. The standard InChI is InChI=1S/C20H25N5O/c1-25(15-9-11-16(26-2)12-10-15)19-17-7-3-4-8-18(17)23-20(24-19)22-14-6-5-13-21/h3-4,7-12H,5-6,13-14,21H2,1-2H3,(H,22,23,24). The summed E-state index contributed by atoms with van der Waals surface area (Å²) in [6, 6.07) is 16.0. The first-order valence-corrected chi connectivity index (χ1v) is 8.81. The van der Waals surface area contributed by atoms with Crippen molar-refractivity contribution in [2.24, 2.45) is 5.73 Å². The number of nitrogens with zero attached hydrogens (tertiary/aromatic N) is 3.